The molecule has 4 heteroatoms. The summed E-state index contributed by atoms with van der Waals surface area (Å²) in [7, 11) is 0. The highest BCUT2D eigenvalue weighted by Crippen LogP contribution is 2.25. The summed E-state index contributed by atoms with van der Waals surface area (Å²) in [4.78, 5) is 14.9. The van der Waals surface area contributed by atoms with Gasteiger partial charge in [0.15, 0.2) is 0 Å². The number of nitrogens with zero attached hydrogens (tertiary/aromatic N) is 1. The van der Waals surface area contributed by atoms with Crippen LogP contribution in [-0.2, 0) is 4.74 Å². The number of ether oxygens (including phenoxy) is 1. The molecule has 1 atom stereocenters. The average molecular weight is 330 g/mol. The molecule has 3 rings (SSSR count). The molecule has 1 unspecified atom stereocenters. The van der Waals surface area contributed by atoms with E-state index in [1.165, 1.54) is 31.2 Å². The number of hydrogen-bond donors (Lipinski definition) is 1. The highest BCUT2D eigenvalue weighted by atomic mass is 16.5. The molecule has 1 aromatic rings. The van der Waals surface area contributed by atoms with Crippen LogP contribution in [0.1, 0.15) is 53.6 Å². The molecule has 1 aliphatic heterocycles. The first-order valence-corrected chi connectivity index (χ1v) is 9.34. The van der Waals surface area contributed by atoms with Crippen LogP contribution in [0.15, 0.2) is 18.2 Å². The standard InChI is InChI=1S/C20H30N2O2/c1-15-7-8-19(16(2)13-15)20(23)21-10-9-18-14-22(11-12-24-18)17-5-3-4-6-17/h7-8,13,17-18H,3-6,9-12,14H2,1-2H3,(H,21,23). The lowest BCUT2D eigenvalue weighted by molar-refractivity contribution is -0.0449. The van der Waals surface area contributed by atoms with Crippen LogP contribution in [0.25, 0.3) is 0 Å². The van der Waals surface area contributed by atoms with E-state index in [0.29, 0.717) is 6.54 Å². The molecule has 0 spiro atoms. The Kier molecular flexibility index (Phi) is 5.90. The quantitative estimate of drug-likeness (QED) is 0.902. The SMILES string of the molecule is Cc1ccc(C(=O)NCCC2CN(C3CCCC3)CCO2)c(C)c1. The minimum atomic E-state index is 0.0240. The molecule has 1 heterocycles. The third-order valence-electron chi connectivity index (χ3n) is 5.39. The molecule has 1 saturated heterocycles. The molecule has 132 valence electrons. The second kappa shape index (κ2) is 8.13. The summed E-state index contributed by atoms with van der Waals surface area (Å²) in [6.45, 7) is 7.62. The molecule has 1 saturated carbocycles. The van der Waals surface area contributed by atoms with Gasteiger partial charge in [0.2, 0.25) is 0 Å². The van der Waals surface area contributed by atoms with Crippen molar-refractivity contribution in [3.05, 3.63) is 34.9 Å². The Balaban J connectivity index is 1.44. The molecule has 1 aromatic carbocycles. The zero-order chi connectivity index (χ0) is 16.9. The first-order valence-electron chi connectivity index (χ1n) is 9.34. The van der Waals surface area contributed by atoms with Gasteiger partial charge in [-0.2, -0.15) is 0 Å². The largest absolute Gasteiger partial charge is 0.375 e. The molecule has 4 nitrogen and oxygen atoms in total. The van der Waals surface area contributed by atoms with Gasteiger partial charge in [-0.25, -0.2) is 0 Å². The predicted octanol–water partition coefficient (Wildman–Crippen LogP) is 3.07. The third-order valence-corrected chi connectivity index (χ3v) is 5.39. The van der Waals surface area contributed by atoms with E-state index in [2.05, 4.69) is 16.3 Å². The Morgan fingerprint density at radius 1 is 1.29 bits per heavy atom. The maximum atomic E-state index is 12.3. The van der Waals surface area contributed by atoms with Crippen molar-refractivity contribution in [2.24, 2.45) is 0 Å². The van der Waals surface area contributed by atoms with Crippen LogP contribution in [-0.4, -0.2) is 49.2 Å². The van der Waals surface area contributed by atoms with Crippen LogP contribution in [0.4, 0.5) is 0 Å². The molecule has 1 N–H and O–H groups in total. The van der Waals surface area contributed by atoms with Crippen molar-refractivity contribution in [1.82, 2.24) is 10.2 Å². The molecule has 1 aliphatic carbocycles. The van der Waals surface area contributed by atoms with Gasteiger partial charge in [0.25, 0.3) is 5.91 Å². The first kappa shape index (κ1) is 17.4. The lowest BCUT2D eigenvalue weighted by Crippen LogP contribution is -2.47. The molecule has 24 heavy (non-hydrogen) atoms. The minimum Gasteiger partial charge on any atom is -0.375 e. The highest BCUT2D eigenvalue weighted by Gasteiger charge is 2.28. The number of amides is 1. The van der Waals surface area contributed by atoms with Gasteiger partial charge in [-0.1, -0.05) is 30.5 Å². The lowest BCUT2D eigenvalue weighted by atomic mass is 10.1. The van der Waals surface area contributed by atoms with Gasteiger partial charge in [-0.15, -0.1) is 0 Å². The second-order valence-corrected chi connectivity index (χ2v) is 7.29. The van der Waals surface area contributed by atoms with E-state index < -0.39 is 0 Å². The topological polar surface area (TPSA) is 41.6 Å². The van der Waals surface area contributed by atoms with Gasteiger partial charge in [0.1, 0.15) is 0 Å². The molecule has 1 amide bonds. The van der Waals surface area contributed by atoms with Gasteiger partial charge in [0, 0.05) is 31.2 Å². The van der Waals surface area contributed by atoms with E-state index in [0.717, 1.165) is 43.3 Å². The number of nitrogens with one attached hydrogen (secondary N) is 1. The van der Waals surface area contributed by atoms with E-state index in [9.17, 15) is 4.79 Å². The van der Waals surface area contributed by atoms with Gasteiger partial charge < -0.3 is 10.1 Å². The Bertz CT molecular complexity index is 567. The molecule has 2 aliphatic rings. The number of aryl methyl sites for hydroxylation is 2. The van der Waals surface area contributed by atoms with Crippen LogP contribution in [0.2, 0.25) is 0 Å². The van der Waals surface area contributed by atoms with Crippen molar-refractivity contribution in [1.29, 1.82) is 0 Å². The summed E-state index contributed by atoms with van der Waals surface area (Å²) in [5.41, 5.74) is 3.00. The van der Waals surface area contributed by atoms with E-state index in [1.54, 1.807) is 0 Å². The van der Waals surface area contributed by atoms with Crippen LogP contribution in [0.5, 0.6) is 0 Å². The van der Waals surface area contributed by atoms with Gasteiger partial charge in [-0.05, 0) is 44.7 Å². The van der Waals surface area contributed by atoms with Crippen molar-refractivity contribution in [3.63, 3.8) is 0 Å². The predicted molar refractivity (Wildman–Crippen MR) is 96.4 cm³/mol. The van der Waals surface area contributed by atoms with Crippen LogP contribution >= 0.6 is 0 Å². The zero-order valence-corrected chi connectivity index (χ0v) is 15.0. The number of morpholine rings is 1. The maximum Gasteiger partial charge on any atom is 0.251 e. The van der Waals surface area contributed by atoms with E-state index in [-0.39, 0.29) is 12.0 Å². The summed E-state index contributed by atoms with van der Waals surface area (Å²) in [5, 5.41) is 3.05. The fourth-order valence-electron chi connectivity index (χ4n) is 4.03. The Morgan fingerprint density at radius 3 is 2.83 bits per heavy atom. The van der Waals surface area contributed by atoms with Crippen LogP contribution < -0.4 is 5.32 Å². The Labute approximate surface area is 145 Å². The van der Waals surface area contributed by atoms with Crippen molar-refractivity contribution < 1.29 is 9.53 Å². The molecule has 0 bridgehead atoms. The molecular weight excluding hydrogens is 300 g/mol. The molecular formula is C20H30N2O2. The summed E-state index contributed by atoms with van der Waals surface area (Å²) in [5.74, 6) is 0.0240. The fraction of sp³-hybridized carbons (Fsp3) is 0.650. The minimum absolute atomic E-state index is 0.0240. The number of benzene rings is 1. The van der Waals surface area contributed by atoms with Crippen molar-refractivity contribution in [2.75, 3.05) is 26.2 Å². The van der Waals surface area contributed by atoms with Gasteiger partial charge in [-0.3, -0.25) is 9.69 Å². The Morgan fingerprint density at radius 2 is 2.08 bits per heavy atom. The third kappa shape index (κ3) is 4.37. The molecule has 2 fully saturated rings. The fourth-order valence-corrected chi connectivity index (χ4v) is 4.03. The normalized spacial score (nSPS) is 22.7. The second-order valence-electron chi connectivity index (χ2n) is 7.29. The summed E-state index contributed by atoms with van der Waals surface area (Å²) in [6, 6.07) is 6.73. The zero-order valence-electron chi connectivity index (χ0n) is 15.0. The van der Waals surface area contributed by atoms with E-state index in [1.807, 2.05) is 26.0 Å². The maximum absolute atomic E-state index is 12.3. The van der Waals surface area contributed by atoms with Gasteiger partial charge in [0.05, 0.1) is 12.7 Å². The molecule has 0 aromatic heterocycles. The van der Waals surface area contributed by atoms with Crippen molar-refractivity contribution in [2.45, 2.75) is 58.1 Å². The van der Waals surface area contributed by atoms with Crippen molar-refractivity contribution >= 4 is 5.91 Å². The Hall–Kier alpha value is -1.39. The van der Waals surface area contributed by atoms with Gasteiger partial charge >= 0.3 is 0 Å². The summed E-state index contributed by atoms with van der Waals surface area (Å²) >= 11 is 0. The first-order chi connectivity index (χ1) is 11.6. The lowest BCUT2D eigenvalue weighted by Gasteiger charge is -2.36. The number of carbonyl (C=O) groups is 1. The summed E-state index contributed by atoms with van der Waals surface area (Å²) in [6.07, 6.45) is 6.57. The van der Waals surface area contributed by atoms with Crippen molar-refractivity contribution in [3.8, 4) is 0 Å². The average Bonchev–Trinajstić information content (AvgIpc) is 3.09. The number of rotatable bonds is 5. The molecule has 0 radical (unpaired) electrons. The highest BCUT2D eigenvalue weighted by molar-refractivity contribution is 5.95. The van der Waals surface area contributed by atoms with Crippen LogP contribution in [0.3, 0.4) is 0 Å². The monoisotopic (exact) mass is 330 g/mol. The smallest absolute Gasteiger partial charge is 0.251 e. The number of hydrogen-bond acceptors (Lipinski definition) is 3. The van der Waals surface area contributed by atoms with E-state index >= 15 is 0 Å². The van der Waals surface area contributed by atoms with E-state index in [4.69, 9.17) is 4.74 Å². The number of carbonyl (C=O) groups excluding carboxylic acids is 1. The van der Waals surface area contributed by atoms with Crippen LogP contribution in [0, 0.1) is 13.8 Å². The summed E-state index contributed by atoms with van der Waals surface area (Å²) < 4.78 is 5.90.